The van der Waals surface area contributed by atoms with Gasteiger partial charge in [0.1, 0.15) is 29.2 Å². The highest BCUT2D eigenvalue weighted by atomic mass is 16.5. The summed E-state index contributed by atoms with van der Waals surface area (Å²) in [5.74, 6) is 1.40. The monoisotopic (exact) mass is 509 g/mol. The van der Waals surface area contributed by atoms with Crippen LogP contribution in [-0.4, -0.2) is 70.8 Å². The van der Waals surface area contributed by atoms with Gasteiger partial charge in [0.25, 0.3) is 5.91 Å². The minimum Gasteiger partial charge on any atom is -0.494 e. The van der Waals surface area contributed by atoms with Crippen molar-refractivity contribution in [2.24, 2.45) is 0 Å². The Morgan fingerprint density at radius 1 is 1.00 bits per heavy atom. The van der Waals surface area contributed by atoms with Crippen LogP contribution in [0.3, 0.4) is 0 Å². The van der Waals surface area contributed by atoms with Crippen LogP contribution in [-0.2, 0) is 11.3 Å². The summed E-state index contributed by atoms with van der Waals surface area (Å²) in [6.07, 6.45) is 1.92. The molecule has 3 amide bonds. The van der Waals surface area contributed by atoms with Crippen molar-refractivity contribution in [1.29, 1.82) is 0 Å². The van der Waals surface area contributed by atoms with E-state index >= 15 is 0 Å². The third kappa shape index (κ3) is 6.81. The second-order valence-corrected chi connectivity index (χ2v) is 10.9. The number of hydrogen-bond donors (Lipinski definition) is 2. The van der Waals surface area contributed by atoms with Crippen LogP contribution in [0.2, 0.25) is 0 Å². The number of hydrogen-bond acceptors (Lipinski definition) is 6. The molecule has 0 spiro atoms. The summed E-state index contributed by atoms with van der Waals surface area (Å²) in [7, 11) is 0. The molecule has 200 valence electrons. The first kappa shape index (κ1) is 26.9. The molecule has 0 radical (unpaired) electrons. The van der Waals surface area contributed by atoms with Crippen LogP contribution in [0.1, 0.15) is 49.8 Å². The lowest BCUT2D eigenvalue weighted by Gasteiger charge is -2.38. The maximum atomic E-state index is 12.2. The molecule has 2 aromatic rings. The molecule has 0 unspecified atom stereocenters. The molecule has 2 aromatic carbocycles. The van der Waals surface area contributed by atoms with E-state index in [9.17, 15) is 14.7 Å². The average molecular weight is 510 g/mol. The van der Waals surface area contributed by atoms with E-state index in [2.05, 4.69) is 35.3 Å². The van der Waals surface area contributed by atoms with Crippen LogP contribution < -0.4 is 14.8 Å². The number of benzene rings is 2. The van der Waals surface area contributed by atoms with Gasteiger partial charge in [0, 0.05) is 26.2 Å². The first-order valence-electron chi connectivity index (χ1n) is 13.1. The van der Waals surface area contributed by atoms with Crippen LogP contribution >= 0.6 is 0 Å². The summed E-state index contributed by atoms with van der Waals surface area (Å²) in [5, 5.41) is 13.7. The normalized spacial score (nSPS) is 19.1. The SMILES string of the molecule is Cc1ccc(OCC2(O)CCN(Cc3ccc(OCCCN4C(=O)NC(C)(C)C4=O)cc3)CC2)c(C)c1. The van der Waals surface area contributed by atoms with Crippen molar-refractivity contribution < 1.29 is 24.2 Å². The zero-order valence-corrected chi connectivity index (χ0v) is 22.4. The standard InChI is InChI=1S/C29H39N3O5/c1-21-6-11-25(22(2)18-21)37-20-29(35)12-15-31(16-13-29)19-23-7-9-24(10-8-23)36-17-5-14-32-26(33)28(3,4)30-27(32)34/h6-11,18,35H,5,12-17,19-20H2,1-4H3,(H,30,34). The zero-order valence-electron chi connectivity index (χ0n) is 22.4. The molecule has 2 aliphatic heterocycles. The number of nitrogens with zero attached hydrogens (tertiary/aromatic N) is 2. The van der Waals surface area contributed by atoms with Crippen LogP contribution in [0.15, 0.2) is 42.5 Å². The highest BCUT2D eigenvalue weighted by Gasteiger charge is 2.43. The minimum absolute atomic E-state index is 0.202. The first-order chi connectivity index (χ1) is 17.5. The van der Waals surface area contributed by atoms with Crippen molar-refractivity contribution in [3.8, 4) is 11.5 Å². The van der Waals surface area contributed by atoms with E-state index < -0.39 is 11.1 Å². The summed E-state index contributed by atoms with van der Waals surface area (Å²) in [4.78, 5) is 27.8. The number of aliphatic hydroxyl groups is 1. The number of ether oxygens (including phenoxy) is 2. The Morgan fingerprint density at radius 2 is 1.70 bits per heavy atom. The predicted molar refractivity (Wildman–Crippen MR) is 142 cm³/mol. The lowest BCUT2D eigenvalue weighted by molar-refractivity contribution is -0.130. The van der Waals surface area contributed by atoms with Crippen LogP contribution in [0.4, 0.5) is 4.79 Å². The van der Waals surface area contributed by atoms with E-state index in [0.717, 1.165) is 36.7 Å². The second kappa shape index (κ2) is 11.1. The smallest absolute Gasteiger partial charge is 0.325 e. The molecule has 4 rings (SSSR count). The van der Waals surface area contributed by atoms with E-state index in [1.807, 2.05) is 31.2 Å². The Kier molecular flexibility index (Phi) is 8.09. The molecule has 2 aliphatic rings. The van der Waals surface area contributed by atoms with Gasteiger partial charge in [0.15, 0.2) is 0 Å². The zero-order chi connectivity index (χ0) is 26.6. The van der Waals surface area contributed by atoms with Gasteiger partial charge in [0.05, 0.1) is 6.61 Å². The van der Waals surface area contributed by atoms with Gasteiger partial charge >= 0.3 is 6.03 Å². The molecule has 8 nitrogen and oxygen atoms in total. The number of carbonyl (C=O) groups excluding carboxylic acids is 2. The highest BCUT2D eigenvalue weighted by Crippen LogP contribution is 2.27. The van der Waals surface area contributed by atoms with Crippen LogP contribution in [0.25, 0.3) is 0 Å². The predicted octanol–water partition coefficient (Wildman–Crippen LogP) is 3.81. The van der Waals surface area contributed by atoms with E-state index in [1.165, 1.54) is 16.0 Å². The second-order valence-electron chi connectivity index (χ2n) is 10.9. The molecule has 0 saturated carbocycles. The van der Waals surface area contributed by atoms with Crippen molar-refractivity contribution in [2.75, 3.05) is 32.8 Å². The number of urea groups is 1. The lowest BCUT2D eigenvalue weighted by Crippen LogP contribution is -2.47. The highest BCUT2D eigenvalue weighted by molar-refractivity contribution is 6.06. The Labute approximate surface area is 219 Å². The molecular weight excluding hydrogens is 470 g/mol. The third-order valence-corrected chi connectivity index (χ3v) is 7.18. The molecular formula is C29H39N3O5. The molecule has 2 fully saturated rings. The molecule has 0 aliphatic carbocycles. The summed E-state index contributed by atoms with van der Waals surface area (Å²) in [5.41, 5.74) is 1.83. The molecule has 0 aromatic heterocycles. The van der Waals surface area contributed by atoms with E-state index in [4.69, 9.17) is 9.47 Å². The van der Waals surface area contributed by atoms with Crippen molar-refractivity contribution in [3.05, 3.63) is 59.2 Å². The van der Waals surface area contributed by atoms with Crippen LogP contribution in [0, 0.1) is 13.8 Å². The molecule has 2 saturated heterocycles. The largest absolute Gasteiger partial charge is 0.494 e. The number of nitrogens with one attached hydrogen (secondary N) is 1. The molecule has 8 heteroatoms. The number of amides is 3. The van der Waals surface area contributed by atoms with E-state index in [1.54, 1.807) is 13.8 Å². The van der Waals surface area contributed by atoms with Crippen molar-refractivity contribution in [3.63, 3.8) is 0 Å². The van der Waals surface area contributed by atoms with Gasteiger partial charge in [0.2, 0.25) is 0 Å². The summed E-state index contributed by atoms with van der Waals surface area (Å²) >= 11 is 0. The van der Waals surface area contributed by atoms with Crippen molar-refractivity contribution in [2.45, 2.75) is 64.6 Å². The van der Waals surface area contributed by atoms with Gasteiger partial charge in [-0.2, -0.15) is 0 Å². The lowest BCUT2D eigenvalue weighted by atomic mass is 9.92. The number of imide groups is 1. The fourth-order valence-electron chi connectivity index (χ4n) is 4.83. The fourth-order valence-corrected chi connectivity index (χ4v) is 4.83. The van der Waals surface area contributed by atoms with E-state index in [0.29, 0.717) is 39.0 Å². The summed E-state index contributed by atoms with van der Waals surface area (Å²) < 4.78 is 11.8. The average Bonchev–Trinajstić information content (AvgIpc) is 3.05. The topological polar surface area (TPSA) is 91.3 Å². The maximum Gasteiger partial charge on any atom is 0.325 e. The quantitative estimate of drug-likeness (QED) is 0.374. The number of likely N-dealkylation sites (tertiary alicyclic amines) is 1. The molecule has 2 N–H and O–H groups in total. The van der Waals surface area contributed by atoms with Gasteiger partial charge < -0.3 is 19.9 Å². The third-order valence-electron chi connectivity index (χ3n) is 7.18. The Balaban J connectivity index is 1.16. The van der Waals surface area contributed by atoms with Crippen LogP contribution in [0.5, 0.6) is 11.5 Å². The Hall–Kier alpha value is -3.10. The molecule has 0 atom stereocenters. The Bertz CT molecular complexity index is 1110. The number of piperidine rings is 1. The van der Waals surface area contributed by atoms with Gasteiger partial charge in [-0.1, -0.05) is 29.8 Å². The van der Waals surface area contributed by atoms with Gasteiger partial charge in [-0.25, -0.2) is 4.79 Å². The molecule has 0 bridgehead atoms. The van der Waals surface area contributed by atoms with E-state index in [-0.39, 0.29) is 11.9 Å². The summed E-state index contributed by atoms with van der Waals surface area (Å²) in [6, 6.07) is 13.8. The van der Waals surface area contributed by atoms with Crippen molar-refractivity contribution >= 4 is 11.9 Å². The number of carbonyl (C=O) groups is 2. The fraction of sp³-hybridized carbons (Fsp3) is 0.517. The van der Waals surface area contributed by atoms with Gasteiger partial charge in [-0.3, -0.25) is 14.6 Å². The number of rotatable bonds is 10. The minimum atomic E-state index is -0.838. The molecule has 37 heavy (non-hydrogen) atoms. The van der Waals surface area contributed by atoms with Gasteiger partial charge in [-0.05, 0) is 76.3 Å². The summed E-state index contributed by atoms with van der Waals surface area (Å²) in [6.45, 7) is 11.0. The maximum absolute atomic E-state index is 12.2. The molecule has 2 heterocycles. The Morgan fingerprint density at radius 3 is 2.32 bits per heavy atom. The van der Waals surface area contributed by atoms with Gasteiger partial charge in [-0.15, -0.1) is 0 Å². The first-order valence-corrected chi connectivity index (χ1v) is 13.1. The van der Waals surface area contributed by atoms with Crippen molar-refractivity contribution in [1.82, 2.24) is 15.1 Å². The number of aryl methyl sites for hydroxylation is 2.